The van der Waals surface area contributed by atoms with Crippen LogP contribution in [0.3, 0.4) is 0 Å². The van der Waals surface area contributed by atoms with Crippen molar-refractivity contribution < 1.29 is 14.3 Å². The molecule has 1 fully saturated rings. The number of carbonyl (C=O) groups is 1. The van der Waals surface area contributed by atoms with Crippen LogP contribution in [0.15, 0.2) is 6.07 Å². The zero-order valence-electron chi connectivity index (χ0n) is 17.6. The summed E-state index contributed by atoms with van der Waals surface area (Å²) in [5.74, 6) is 1.18. The normalized spacial score (nSPS) is 21.0. The molecule has 1 saturated heterocycles. The third kappa shape index (κ3) is 3.74. The van der Waals surface area contributed by atoms with E-state index in [1.807, 2.05) is 13.0 Å². The molecule has 2 aliphatic heterocycles. The molecule has 3 rings (SSSR count). The van der Waals surface area contributed by atoms with Gasteiger partial charge in [0.1, 0.15) is 11.8 Å². The van der Waals surface area contributed by atoms with Crippen molar-refractivity contribution in [1.82, 2.24) is 9.80 Å². The maximum absolute atomic E-state index is 13.3. The Morgan fingerprint density at radius 2 is 1.96 bits per heavy atom. The van der Waals surface area contributed by atoms with E-state index in [1.54, 1.807) is 12.0 Å². The van der Waals surface area contributed by atoms with Gasteiger partial charge in [-0.25, -0.2) is 0 Å². The summed E-state index contributed by atoms with van der Waals surface area (Å²) in [5.41, 5.74) is 3.39. The summed E-state index contributed by atoms with van der Waals surface area (Å²) in [4.78, 5) is 17.4. The zero-order valence-corrected chi connectivity index (χ0v) is 17.6. The number of benzene rings is 1. The average Bonchev–Trinajstić information content (AvgIpc) is 2.94. The molecular weight excluding hydrogens is 354 g/mol. The number of hydrogen-bond acceptors (Lipinski definition) is 5. The first-order chi connectivity index (χ1) is 13.4. The number of nitriles is 1. The van der Waals surface area contributed by atoms with E-state index in [-0.39, 0.29) is 17.7 Å². The molecule has 0 aromatic heterocycles. The second-order valence-electron chi connectivity index (χ2n) is 8.26. The van der Waals surface area contributed by atoms with E-state index in [4.69, 9.17) is 9.47 Å². The third-order valence-electron chi connectivity index (χ3n) is 5.73. The molecule has 0 saturated carbocycles. The minimum atomic E-state index is -0.555. The Hall–Kier alpha value is -2.10. The highest BCUT2D eigenvalue weighted by Gasteiger charge is 2.42. The number of fused-ring (bicyclic) bond motifs is 1. The van der Waals surface area contributed by atoms with Gasteiger partial charge in [-0.05, 0) is 30.4 Å². The number of amides is 1. The van der Waals surface area contributed by atoms with E-state index in [0.29, 0.717) is 12.1 Å². The number of methoxy groups -OCH3 is 1. The molecular formula is C22H31N3O3. The summed E-state index contributed by atoms with van der Waals surface area (Å²) >= 11 is 0. The lowest BCUT2D eigenvalue weighted by atomic mass is 9.88. The van der Waals surface area contributed by atoms with E-state index >= 15 is 0 Å². The molecule has 0 N–H and O–H groups in total. The van der Waals surface area contributed by atoms with Crippen molar-refractivity contribution in [2.24, 2.45) is 5.92 Å². The second kappa shape index (κ2) is 8.50. The van der Waals surface area contributed by atoms with Crippen LogP contribution in [-0.2, 0) is 4.74 Å². The number of morpholine rings is 1. The van der Waals surface area contributed by atoms with Crippen LogP contribution in [0, 0.1) is 24.2 Å². The predicted octanol–water partition coefficient (Wildman–Crippen LogP) is 3.12. The van der Waals surface area contributed by atoms with Crippen LogP contribution >= 0.6 is 0 Å². The van der Waals surface area contributed by atoms with Crippen molar-refractivity contribution in [1.29, 1.82) is 5.26 Å². The molecule has 0 spiro atoms. The Kier molecular flexibility index (Phi) is 6.26. The third-order valence-corrected chi connectivity index (χ3v) is 5.73. The summed E-state index contributed by atoms with van der Waals surface area (Å²) in [5, 5.41) is 9.98. The van der Waals surface area contributed by atoms with E-state index in [0.717, 1.165) is 55.3 Å². The monoisotopic (exact) mass is 385 g/mol. The number of ether oxygens (including phenoxy) is 2. The van der Waals surface area contributed by atoms with Crippen molar-refractivity contribution in [3.8, 4) is 11.8 Å². The van der Waals surface area contributed by atoms with Gasteiger partial charge in [0.05, 0.1) is 26.4 Å². The van der Waals surface area contributed by atoms with E-state index < -0.39 is 6.04 Å². The van der Waals surface area contributed by atoms with Gasteiger partial charge in [-0.2, -0.15) is 5.26 Å². The van der Waals surface area contributed by atoms with Gasteiger partial charge in [-0.15, -0.1) is 0 Å². The molecule has 1 aromatic rings. The van der Waals surface area contributed by atoms with Gasteiger partial charge in [0.2, 0.25) is 0 Å². The lowest BCUT2D eigenvalue weighted by Crippen LogP contribution is -2.42. The number of carbonyl (C=O) groups excluding carboxylic acids is 1. The Bertz CT molecular complexity index is 778. The van der Waals surface area contributed by atoms with Crippen LogP contribution in [-0.4, -0.2) is 62.2 Å². The number of aryl methyl sites for hydroxylation is 1. The fourth-order valence-corrected chi connectivity index (χ4v) is 4.52. The van der Waals surface area contributed by atoms with Crippen LogP contribution in [0.2, 0.25) is 0 Å². The van der Waals surface area contributed by atoms with E-state index in [1.165, 1.54) is 0 Å². The molecule has 6 nitrogen and oxygen atoms in total. The smallest absolute Gasteiger partial charge is 0.255 e. The molecule has 1 amide bonds. The highest BCUT2D eigenvalue weighted by atomic mass is 16.5. The van der Waals surface area contributed by atoms with Crippen LogP contribution in [0.5, 0.6) is 5.75 Å². The largest absolute Gasteiger partial charge is 0.496 e. The fourth-order valence-electron chi connectivity index (χ4n) is 4.52. The Morgan fingerprint density at radius 3 is 2.54 bits per heavy atom. The molecule has 28 heavy (non-hydrogen) atoms. The van der Waals surface area contributed by atoms with Crippen molar-refractivity contribution in [3.63, 3.8) is 0 Å². The SMILES string of the molecule is COc1cc(C)c2c(c1C(C)C)C(C#N)N(CC(C)CN1CCOCC1)C2=O. The van der Waals surface area contributed by atoms with Crippen LogP contribution in [0.25, 0.3) is 0 Å². The second-order valence-corrected chi connectivity index (χ2v) is 8.26. The molecule has 0 radical (unpaired) electrons. The first kappa shape index (κ1) is 20.6. The predicted molar refractivity (Wildman–Crippen MR) is 108 cm³/mol. The topological polar surface area (TPSA) is 65.8 Å². The lowest BCUT2D eigenvalue weighted by molar-refractivity contribution is 0.0282. The van der Waals surface area contributed by atoms with Gasteiger partial charge in [-0.3, -0.25) is 9.69 Å². The highest BCUT2D eigenvalue weighted by molar-refractivity contribution is 6.02. The molecule has 6 heteroatoms. The van der Waals surface area contributed by atoms with Crippen molar-refractivity contribution in [3.05, 3.63) is 28.3 Å². The fraction of sp³-hybridized carbons (Fsp3) is 0.636. The van der Waals surface area contributed by atoms with Crippen LogP contribution in [0.1, 0.15) is 59.8 Å². The van der Waals surface area contributed by atoms with Gasteiger partial charge >= 0.3 is 0 Å². The maximum atomic E-state index is 13.3. The van der Waals surface area contributed by atoms with Crippen LogP contribution < -0.4 is 4.74 Å². The summed E-state index contributed by atoms with van der Waals surface area (Å²) in [6, 6.07) is 3.78. The number of nitrogens with zero attached hydrogens (tertiary/aromatic N) is 3. The summed E-state index contributed by atoms with van der Waals surface area (Å²) in [7, 11) is 1.65. The van der Waals surface area contributed by atoms with E-state index in [2.05, 4.69) is 31.7 Å². The molecule has 2 aliphatic rings. The molecule has 0 bridgehead atoms. The molecule has 1 aromatic carbocycles. The summed E-state index contributed by atoms with van der Waals surface area (Å²) in [6.45, 7) is 13.1. The average molecular weight is 386 g/mol. The standard InChI is InChI=1S/C22H31N3O3/c1-14(2)19-18(27-5)10-16(4)20-21(19)17(11-23)25(22(20)26)13-15(3)12-24-6-8-28-9-7-24/h10,14-15,17H,6-9,12-13H2,1-5H3. The minimum absolute atomic E-state index is 0.0302. The Balaban J connectivity index is 1.90. The van der Waals surface area contributed by atoms with Gasteiger partial charge in [-0.1, -0.05) is 20.8 Å². The molecule has 2 unspecified atom stereocenters. The first-order valence-electron chi connectivity index (χ1n) is 10.1. The lowest BCUT2D eigenvalue weighted by Gasteiger charge is -2.31. The van der Waals surface area contributed by atoms with Gasteiger partial charge in [0, 0.05) is 42.9 Å². The maximum Gasteiger partial charge on any atom is 0.255 e. The zero-order chi connectivity index (χ0) is 20.4. The van der Waals surface area contributed by atoms with E-state index in [9.17, 15) is 10.1 Å². The first-order valence-corrected chi connectivity index (χ1v) is 10.1. The number of rotatable bonds is 6. The molecule has 2 heterocycles. The van der Waals surface area contributed by atoms with Crippen molar-refractivity contribution in [2.75, 3.05) is 46.5 Å². The van der Waals surface area contributed by atoms with Gasteiger partial charge in [0.25, 0.3) is 5.91 Å². The minimum Gasteiger partial charge on any atom is -0.496 e. The van der Waals surface area contributed by atoms with Crippen molar-refractivity contribution in [2.45, 2.75) is 39.7 Å². The van der Waals surface area contributed by atoms with Crippen molar-refractivity contribution >= 4 is 5.91 Å². The Morgan fingerprint density at radius 1 is 1.29 bits per heavy atom. The summed E-state index contributed by atoms with van der Waals surface area (Å²) in [6.07, 6.45) is 0. The number of hydrogen-bond donors (Lipinski definition) is 0. The molecule has 0 aliphatic carbocycles. The highest BCUT2D eigenvalue weighted by Crippen LogP contribution is 2.44. The quantitative estimate of drug-likeness (QED) is 0.753. The van der Waals surface area contributed by atoms with Gasteiger partial charge < -0.3 is 14.4 Å². The van der Waals surface area contributed by atoms with Crippen LogP contribution in [0.4, 0.5) is 0 Å². The Labute approximate surface area is 168 Å². The summed E-state index contributed by atoms with van der Waals surface area (Å²) < 4.78 is 11.0. The molecule has 2 atom stereocenters. The molecule has 152 valence electrons. The van der Waals surface area contributed by atoms with Gasteiger partial charge in [0.15, 0.2) is 0 Å².